The number of sulfonamides is 1. The average molecular weight is 423 g/mol. The molecular weight excluding hydrogens is 396 g/mol. The Labute approximate surface area is 169 Å². The molecule has 1 aliphatic rings. The van der Waals surface area contributed by atoms with Crippen molar-refractivity contribution >= 4 is 10.0 Å². The highest BCUT2D eigenvalue weighted by atomic mass is 32.2. The van der Waals surface area contributed by atoms with Crippen LogP contribution in [0.15, 0.2) is 44.9 Å². The molecule has 0 bridgehead atoms. The van der Waals surface area contributed by atoms with Gasteiger partial charge < -0.3 is 14.2 Å². The van der Waals surface area contributed by atoms with E-state index in [-0.39, 0.29) is 0 Å². The fourth-order valence-electron chi connectivity index (χ4n) is 3.48. The molecule has 9 nitrogen and oxygen atoms in total. The van der Waals surface area contributed by atoms with Crippen LogP contribution in [0, 0.1) is 0 Å². The van der Waals surface area contributed by atoms with Gasteiger partial charge in [0.2, 0.25) is 10.0 Å². The molecule has 1 atom stereocenters. The predicted molar refractivity (Wildman–Crippen MR) is 109 cm³/mol. The maximum atomic E-state index is 13.1. The highest BCUT2D eigenvalue weighted by molar-refractivity contribution is 7.89. The van der Waals surface area contributed by atoms with Crippen molar-refractivity contribution in [2.24, 2.45) is 14.1 Å². The molecule has 0 amide bonds. The molecule has 0 saturated carbocycles. The molecule has 1 saturated heterocycles. The van der Waals surface area contributed by atoms with Gasteiger partial charge in [0.05, 0.1) is 13.2 Å². The second-order valence-electron chi connectivity index (χ2n) is 7.21. The largest absolute Gasteiger partial charge is 0.497 e. The number of nitrogens with one attached hydrogen (secondary N) is 1. The number of rotatable bonds is 7. The zero-order valence-corrected chi connectivity index (χ0v) is 17.6. The lowest BCUT2D eigenvalue weighted by Crippen LogP contribution is -2.43. The zero-order chi connectivity index (χ0) is 21.2. The number of nitrogens with zero attached hydrogens (tertiary/aromatic N) is 3. The van der Waals surface area contributed by atoms with Crippen molar-refractivity contribution in [3.8, 4) is 5.75 Å². The van der Waals surface area contributed by atoms with Crippen molar-refractivity contribution < 1.29 is 13.2 Å². The first-order valence-corrected chi connectivity index (χ1v) is 10.9. The van der Waals surface area contributed by atoms with Crippen LogP contribution < -0.4 is 20.7 Å². The fourth-order valence-corrected chi connectivity index (χ4v) is 4.86. The quantitative estimate of drug-likeness (QED) is 0.684. The van der Waals surface area contributed by atoms with Crippen LogP contribution in [0.25, 0.3) is 0 Å². The molecule has 2 aromatic rings. The van der Waals surface area contributed by atoms with E-state index in [0.29, 0.717) is 12.3 Å². The monoisotopic (exact) mass is 422 g/mol. The van der Waals surface area contributed by atoms with E-state index >= 15 is 0 Å². The van der Waals surface area contributed by atoms with Crippen molar-refractivity contribution in [1.82, 2.24) is 18.8 Å². The number of aryl methyl sites for hydroxylation is 1. The molecule has 0 spiro atoms. The number of methoxy groups -OCH3 is 1. The van der Waals surface area contributed by atoms with Gasteiger partial charge in [-0.25, -0.2) is 17.9 Å². The van der Waals surface area contributed by atoms with Gasteiger partial charge in [0, 0.05) is 26.8 Å². The summed E-state index contributed by atoms with van der Waals surface area (Å²) in [5.41, 5.74) is -0.670. The smallest absolute Gasteiger partial charge is 0.330 e. The first kappa shape index (κ1) is 21.3. The van der Waals surface area contributed by atoms with Gasteiger partial charge in [-0.3, -0.25) is 9.36 Å². The number of hydrogen-bond acceptors (Lipinski definition) is 6. The van der Waals surface area contributed by atoms with Gasteiger partial charge in [-0.1, -0.05) is 12.1 Å². The summed E-state index contributed by atoms with van der Waals surface area (Å²) in [5, 5.41) is 0. The van der Waals surface area contributed by atoms with Crippen molar-refractivity contribution in [3.05, 3.63) is 56.9 Å². The van der Waals surface area contributed by atoms with Crippen LogP contribution in [-0.4, -0.2) is 49.2 Å². The Hall–Kier alpha value is -2.43. The van der Waals surface area contributed by atoms with E-state index in [2.05, 4.69) is 9.62 Å². The molecule has 2 heterocycles. The summed E-state index contributed by atoms with van der Waals surface area (Å²) in [7, 11) is 0.0735. The maximum absolute atomic E-state index is 13.1. The third kappa shape index (κ3) is 4.60. The van der Waals surface area contributed by atoms with Crippen LogP contribution in [-0.2, 0) is 24.1 Å². The Balaban J connectivity index is 1.97. The van der Waals surface area contributed by atoms with Gasteiger partial charge in [0.25, 0.3) is 5.56 Å². The third-order valence-corrected chi connectivity index (χ3v) is 6.61. The Morgan fingerprint density at radius 1 is 1.10 bits per heavy atom. The Morgan fingerprint density at radius 3 is 2.31 bits per heavy atom. The lowest BCUT2D eigenvalue weighted by atomic mass is 10.1. The topological polar surface area (TPSA) is 103 Å². The predicted octanol–water partition coefficient (Wildman–Crippen LogP) is 0.208. The van der Waals surface area contributed by atoms with E-state index in [4.69, 9.17) is 4.74 Å². The Kier molecular flexibility index (Phi) is 6.25. The number of aromatic nitrogens is 2. The van der Waals surface area contributed by atoms with Gasteiger partial charge in [0.1, 0.15) is 5.75 Å². The molecule has 158 valence electrons. The van der Waals surface area contributed by atoms with Crippen molar-refractivity contribution in [2.45, 2.75) is 23.8 Å². The molecule has 1 aliphatic heterocycles. The van der Waals surface area contributed by atoms with E-state index in [0.717, 1.165) is 46.8 Å². The van der Waals surface area contributed by atoms with E-state index < -0.39 is 32.2 Å². The number of ether oxygens (including phenoxy) is 1. The van der Waals surface area contributed by atoms with Crippen LogP contribution in [0.1, 0.15) is 24.4 Å². The minimum atomic E-state index is -4.16. The molecule has 1 unspecified atom stereocenters. The van der Waals surface area contributed by atoms with Gasteiger partial charge in [0.15, 0.2) is 4.90 Å². The number of benzene rings is 1. The maximum Gasteiger partial charge on any atom is 0.330 e. The molecule has 3 rings (SSSR count). The molecule has 0 aliphatic carbocycles. The summed E-state index contributed by atoms with van der Waals surface area (Å²) >= 11 is 0. The first-order chi connectivity index (χ1) is 13.7. The van der Waals surface area contributed by atoms with E-state index in [1.165, 1.54) is 14.1 Å². The molecule has 1 N–H and O–H groups in total. The highest BCUT2D eigenvalue weighted by Gasteiger charge is 2.28. The summed E-state index contributed by atoms with van der Waals surface area (Å²) < 4.78 is 35.9. The molecule has 10 heteroatoms. The molecular formula is C19H26N4O5S. The fraction of sp³-hybridized carbons (Fsp3) is 0.474. The SMILES string of the molecule is COc1ccc(C(CN2CCCC2)NS(=O)(=O)c2cn(C)c(=O)n(C)c2=O)cc1. The molecule has 1 aromatic carbocycles. The van der Waals surface area contributed by atoms with Crippen LogP contribution >= 0.6 is 0 Å². The van der Waals surface area contributed by atoms with Crippen molar-refractivity contribution in [1.29, 1.82) is 0 Å². The summed E-state index contributed by atoms with van der Waals surface area (Å²) in [6, 6.07) is 6.60. The lowest BCUT2D eigenvalue weighted by Gasteiger charge is -2.25. The number of likely N-dealkylation sites (tertiary alicyclic amines) is 1. The van der Waals surface area contributed by atoms with Crippen molar-refractivity contribution in [2.75, 3.05) is 26.7 Å². The van der Waals surface area contributed by atoms with Crippen LogP contribution in [0.2, 0.25) is 0 Å². The minimum Gasteiger partial charge on any atom is -0.497 e. The number of hydrogen-bond donors (Lipinski definition) is 1. The molecule has 1 fully saturated rings. The molecule has 29 heavy (non-hydrogen) atoms. The molecule has 0 radical (unpaired) electrons. The summed E-state index contributed by atoms with van der Waals surface area (Å²) in [4.78, 5) is 26.1. The minimum absolute atomic E-state index is 0.456. The second-order valence-corrected chi connectivity index (χ2v) is 8.89. The summed E-state index contributed by atoms with van der Waals surface area (Å²) in [6.07, 6.45) is 3.21. The van der Waals surface area contributed by atoms with Gasteiger partial charge >= 0.3 is 5.69 Å². The second kappa shape index (κ2) is 8.52. The Morgan fingerprint density at radius 2 is 1.72 bits per heavy atom. The van der Waals surface area contributed by atoms with Gasteiger partial charge in [-0.15, -0.1) is 0 Å². The van der Waals surface area contributed by atoms with Crippen LogP contribution in [0.5, 0.6) is 5.75 Å². The third-order valence-electron chi connectivity index (χ3n) is 5.16. The van der Waals surface area contributed by atoms with Gasteiger partial charge in [-0.2, -0.15) is 0 Å². The van der Waals surface area contributed by atoms with Crippen LogP contribution in [0.3, 0.4) is 0 Å². The Bertz CT molecular complexity index is 1080. The van der Waals surface area contributed by atoms with Crippen molar-refractivity contribution in [3.63, 3.8) is 0 Å². The van der Waals surface area contributed by atoms with Crippen LogP contribution in [0.4, 0.5) is 0 Å². The molecule has 1 aromatic heterocycles. The van der Waals surface area contributed by atoms with E-state index in [1.54, 1.807) is 31.4 Å². The highest BCUT2D eigenvalue weighted by Crippen LogP contribution is 2.22. The normalized spacial score (nSPS) is 16.1. The zero-order valence-electron chi connectivity index (χ0n) is 16.8. The first-order valence-electron chi connectivity index (χ1n) is 9.38. The standard InChI is InChI=1S/C19H26N4O5S/c1-21-13-17(18(24)22(2)19(21)25)29(26,27)20-16(12-23-10-4-5-11-23)14-6-8-15(28-3)9-7-14/h6-9,13,16,20H,4-5,10-12H2,1-3H3. The van der Waals surface area contributed by atoms with E-state index in [9.17, 15) is 18.0 Å². The van der Waals surface area contributed by atoms with Gasteiger partial charge in [-0.05, 0) is 43.6 Å². The van der Waals surface area contributed by atoms with E-state index in [1.807, 2.05) is 0 Å². The summed E-state index contributed by atoms with van der Waals surface area (Å²) in [5.74, 6) is 0.670. The lowest BCUT2D eigenvalue weighted by molar-refractivity contribution is 0.307. The summed E-state index contributed by atoms with van der Waals surface area (Å²) in [6.45, 7) is 2.28. The average Bonchev–Trinajstić information content (AvgIpc) is 3.21.